The molecule has 0 N–H and O–H groups in total. The van der Waals surface area contributed by atoms with Crippen LogP contribution >= 0.6 is 45.2 Å². The van der Waals surface area contributed by atoms with Gasteiger partial charge >= 0.3 is 0 Å². The van der Waals surface area contributed by atoms with Crippen LogP contribution < -0.4 is 13.3 Å². The predicted molar refractivity (Wildman–Crippen MR) is 130 cm³/mol. The molecule has 0 bridgehead atoms. The molecule has 0 fully saturated rings. The van der Waals surface area contributed by atoms with Crippen molar-refractivity contribution in [1.29, 1.82) is 0 Å². The Kier molecular flexibility index (Phi) is 5.93. The standard InChI is InChI=1S/C19H8I2.4Al/c1-11-8-16-17-9-12(20)6-7-15(17)13-4-2-3-5-14(13)18(16)10-19(11)21;;;;/h4-5,7-10H,1H2;;;;. The molecule has 0 unspecified atom stereocenters. The van der Waals surface area contributed by atoms with Crippen LogP contribution in [-0.4, -0.2) is 65.2 Å². The van der Waals surface area contributed by atoms with Gasteiger partial charge in [0, 0.05) is 3.57 Å². The van der Waals surface area contributed by atoms with E-state index < -0.39 is 0 Å². The lowest BCUT2D eigenvalue weighted by molar-refractivity contribution is 1.39. The highest BCUT2D eigenvalue weighted by Crippen LogP contribution is 2.36. The first-order valence-corrected chi connectivity index (χ1v) is 12.4. The highest BCUT2D eigenvalue weighted by molar-refractivity contribution is 14.1. The SMILES string of the molecule is [Al][CH2]c1cc2c3cc(I)[c]([Al])cc3c3c[c]([Al])[c]([Al])cc3c2cc1I. The highest BCUT2D eigenvalue weighted by atomic mass is 127. The molecule has 0 atom stereocenters. The molecule has 25 heavy (non-hydrogen) atoms. The van der Waals surface area contributed by atoms with Gasteiger partial charge in [-0.2, -0.15) is 8.85 Å². The molecule has 8 radical (unpaired) electrons. The summed E-state index contributed by atoms with van der Waals surface area (Å²) in [6.07, 6.45) is 0. The molecule has 4 aromatic carbocycles. The molecule has 0 amide bonds. The van der Waals surface area contributed by atoms with E-state index in [2.05, 4.69) is 147 Å². The van der Waals surface area contributed by atoms with Crippen LogP contribution in [0.25, 0.3) is 32.3 Å². The Morgan fingerprint density at radius 2 is 0.960 bits per heavy atom. The number of hydrogen-bond donors (Lipinski definition) is 0. The van der Waals surface area contributed by atoms with Crippen LogP contribution in [0.3, 0.4) is 0 Å². The van der Waals surface area contributed by atoms with Crippen molar-refractivity contribution in [2.45, 2.75) is 5.28 Å². The zero-order chi connectivity index (χ0) is 17.9. The molecule has 4 rings (SSSR count). The molecule has 4 aromatic rings. The zero-order valence-electron chi connectivity index (χ0n) is 13.2. The smallest absolute Gasteiger partial charge is 0.153 e. The number of halogens is 2. The minimum absolute atomic E-state index is 0.978. The van der Waals surface area contributed by atoms with E-state index in [-0.39, 0.29) is 0 Å². The van der Waals surface area contributed by atoms with Gasteiger partial charge in [0.1, 0.15) is 16.3 Å². The van der Waals surface area contributed by atoms with Crippen molar-refractivity contribution in [3.63, 3.8) is 0 Å². The minimum Gasteiger partial charge on any atom is -0.153 e. The Balaban J connectivity index is 2.36. The second-order valence-corrected chi connectivity index (χ2v) is 10.7. The Morgan fingerprint density at radius 3 is 1.48 bits per heavy atom. The summed E-state index contributed by atoms with van der Waals surface area (Å²) in [5, 5.41) is 9.00. The average molecular weight is 598 g/mol. The quantitative estimate of drug-likeness (QED) is 0.180. The third kappa shape index (κ3) is 3.41. The maximum Gasteiger partial charge on any atom is 0.177 e. The fourth-order valence-electron chi connectivity index (χ4n) is 3.33. The first-order valence-electron chi connectivity index (χ1n) is 7.72. The summed E-state index contributed by atoms with van der Waals surface area (Å²) in [5.41, 5.74) is 1.39. The fraction of sp³-hybridized carbons (Fsp3) is 0.0526. The van der Waals surface area contributed by atoms with Gasteiger partial charge < -0.3 is 0 Å². The van der Waals surface area contributed by atoms with Crippen molar-refractivity contribution in [3.8, 4) is 0 Å². The van der Waals surface area contributed by atoms with E-state index >= 15 is 0 Å². The van der Waals surface area contributed by atoms with E-state index in [1.165, 1.54) is 58.3 Å². The van der Waals surface area contributed by atoms with Crippen LogP contribution in [0.15, 0.2) is 36.4 Å². The van der Waals surface area contributed by atoms with Gasteiger partial charge in [0.15, 0.2) is 48.9 Å². The van der Waals surface area contributed by atoms with Crippen LogP contribution in [0.5, 0.6) is 0 Å². The summed E-state index contributed by atoms with van der Waals surface area (Å²) < 4.78 is 6.35. The summed E-state index contributed by atoms with van der Waals surface area (Å²) in [4.78, 5) is 0. The lowest BCUT2D eigenvalue weighted by Gasteiger charge is -2.17. The Labute approximate surface area is 207 Å². The molecule has 0 saturated carbocycles. The maximum absolute atomic E-state index is 2.87. The monoisotopic (exact) mass is 598 g/mol. The average Bonchev–Trinajstić information content (AvgIpc) is 2.58. The molecule has 0 aromatic heterocycles. The third-order valence-electron chi connectivity index (χ3n) is 4.64. The summed E-state index contributed by atoms with van der Waals surface area (Å²) >= 11 is 16.4. The summed E-state index contributed by atoms with van der Waals surface area (Å²) in [6, 6.07) is 14.0. The Hall–Kier alpha value is 1.25. The van der Waals surface area contributed by atoms with Gasteiger partial charge in [-0.1, -0.05) is 29.5 Å². The van der Waals surface area contributed by atoms with Crippen LogP contribution in [0, 0.1) is 7.14 Å². The maximum atomic E-state index is 2.87. The fourth-order valence-corrected chi connectivity index (χ4v) is 5.99. The van der Waals surface area contributed by atoms with Crippen molar-refractivity contribution in [1.82, 2.24) is 0 Å². The van der Waals surface area contributed by atoms with E-state index in [0.29, 0.717) is 0 Å². The second-order valence-electron chi connectivity index (χ2n) is 6.14. The van der Waals surface area contributed by atoms with E-state index in [1.54, 1.807) is 0 Å². The van der Waals surface area contributed by atoms with Crippen molar-refractivity contribution in [2.24, 2.45) is 0 Å². The number of fused-ring (bicyclic) bond motifs is 6. The molecule has 6 heteroatoms. The first kappa shape index (κ1) is 19.6. The van der Waals surface area contributed by atoms with E-state index in [1.807, 2.05) is 0 Å². The van der Waals surface area contributed by atoms with Crippen LogP contribution in [0.4, 0.5) is 0 Å². The van der Waals surface area contributed by atoms with Crippen molar-refractivity contribution in [2.75, 3.05) is 0 Å². The van der Waals surface area contributed by atoms with Gasteiger partial charge in [-0.25, -0.2) is 0 Å². The van der Waals surface area contributed by atoms with E-state index in [0.717, 1.165) is 5.28 Å². The molecule has 0 heterocycles. The lowest BCUT2D eigenvalue weighted by atomic mass is 9.93. The normalized spacial score (nSPS) is 11.6. The second kappa shape index (κ2) is 7.58. The first-order chi connectivity index (χ1) is 11.9. The van der Waals surface area contributed by atoms with Crippen LogP contribution in [-0.2, 0) is 5.28 Å². The molecule has 0 aliphatic heterocycles. The molecule has 0 spiro atoms. The number of hydrogen-bond acceptors (Lipinski definition) is 0. The van der Waals surface area contributed by atoms with Gasteiger partial charge in [-0.05, 0) is 98.8 Å². The highest BCUT2D eigenvalue weighted by Gasteiger charge is 2.12. The summed E-state index contributed by atoms with van der Waals surface area (Å²) in [5.74, 6) is 0. The minimum atomic E-state index is 0.978. The molecule has 0 nitrogen and oxygen atoms in total. The van der Waals surface area contributed by atoms with Gasteiger partial charge in [0.05, 0.1) is 0 Å². The molecule has 0 aliphatic rings. The van der Waals surface area contributed by atoms with Gasteiger partial charge in [0.2, 0.25) is 0 Å². The van der Waals surface area contributed by atoms with Crippen molar-refractivity contribution >= 4 is 156 Å². The van der Waals surface area contributed by atoms with Crippen molar-refractivity contribution < 1.29 is 0 Å². The van der Waals surface area contributed by atoms with Gasteiger partial charge in [0.25, 0.3) is 0 Å². The number of rotatable bonds is 1. The van der Waals surface area contributed by atoms with Crippen LogP contribution in [0.1, 0.15) is 5.56 Å². The molecule has 0 aliphatic carbocycles. The summed E-state index contributed by atoms with van der Waals surface area (Å²) in [6.45, 7) is 0. The topological polar surface area (TPSA) is 0 Å². The Bertz CT molecular complexity index is 1150. The molecule has 110 valence electrons. The summed E-state index contributed by atoms with van der Waals surface area (Å²) in [7, 11) is 0. The lowest BCUT2D eigenvalue weighted by Crippen LogP contribution is -2.25. The molecular formula is C19H8Al4I2. The van der Waals surface area contributed by atoms with Crippen molar-refractivity contribution in [3.05, 3.63) is 49.1 Å². The predicted octanol–water partition coefficient (Wildman–Crippen LogP) is 2.41. The molecular weight excluding hydrogens is 590 g/mol. The largest absolute Gasteiger partial charge is 0.177 e. The van der Waals surface area contributed by atoms with Gasteiger partial charge in [-0.3, -0.25) is 0 Å². The van der Waals surface area contributed by atoms with Gasteiger partial charge in [-0.15, -0.1) is 4.43 Å². The number of benzene rings is 4. The van der Waals surface area contributed by atoms with E-state index in [4.69, 9.17) is 0 Å². The Morgan fingerprint density at radius 1 is 0.560 bits per heavy atom. The zero-order valence-corrected chi connectivity index (χ0v) is 22.2. The third-order valence-corrected chi connectivity index (χ3v) is 9.41. The van der Waals surface area contributed by atoms with Crippen LogP contribution in [0.2, 0.25) is 0 Å². The van der Waals surface area contributed by atoms with E-state index in [9.17, 15) is 0 Å². The molecule has 0 saturated heterocycles.